The van der Waals surface area contributed by atoms with Crippen LogP contribution in [0.15, 0.2) is 42.5 Å². The number of hydrogen-bond donors (Lipinski definition) is 1. The molecule has 0 spiro atoms. The summed E-state index contributed by atoms with van der Waals surface area (Å²) in [5.41, 5.74) is 1.60. The molecule has 1 aliphatic rings. The number of alkyl carbamates (subject to hydrolysis) is 1. The van der Waals surface area contributed by atoms with Gasteiger partial charge in [-0.15, -0.1) is 0 Å². The number of amides is 2. The molecule has 3 rings (SSSR count). The summed E-state index contributed by atoms with van der Waals surface area (Å²) in [4.78, 5) is 37.9. The number of ether oxygens (including phenoxy) is 1. The van der Waals surface area contributed by atoms with Gasteiger partial charge in [-0.1, -0.05) is 18.2 Å². The molecule has 0 atom stereocenters. The Morgan fingerprint density at radius 2 is 1.90 bits per heavy atom. The first-order valence-electron chi connectivity index (χ1n) is 10.3. The molecule has 8 nitrogen and oxygen atoms in total. The van der Waals surface area contributed by atoms with Crippen molar-refractivity contribution in [1.82, 2.24) is 5.32 Å². The molecule has 0 saturated heterocycles. The summed E-state index contributed by atoms with van der Waals surface area (Å²) in [6, 6.07) is 12.1. The standard InChI is InChI=1S/C23H27N3O5/c1-23(2,3)31-22(28)24-15-18-12-11-17(14-20(18)26(29)30)21(27)25-13-7-6-9-16-8-4-5-10-19(16)25/h4-5,8,10-12,14H,6-7,9,13,15H2,1-3H3,(H,24,28). The number of rotatable bonds is 4. The van der Waals surface area contributed by atoms with Crippen LogP contribution in [0.1, 0.15) is 55.1 Å². The fourth-order valence-electron chi connectivity index (χ4n) is 3.56. The summed E-state index contributed by atoms with van der Waals surface area (Å²) in [6.45, 7) is 5.68. The van der Waals surface area contributed by atoms with E-state index in [1.54, 1.807) is 31.7 Å². The number of carbonyl (C=O) groups is 2. The SMILES string of the molecule is CC(C)(C)OC(=O)NCc1ccc(C(=O)N2CCCCc3ccccc32)cc1[N+](=O)[O-]. The lowest BCUT2D eigenvalue weighted by molar-refractivity contribution is -0.385. The highest BCUT2D eigenvalue weighted by molar-refractivity contribution is 6.07. The van der Waals surface area contributed by atoms with E-state index >= 15 is 0 Å². The zero-order valence-corrected chi connectivity index (χ0v) is 18.0. The summed E-state index contributed by atoms with van der Waals surface area (Å²) >= 11 is 0. The Morgan fingerprint density at radius 3 is 2.61 bits per heavy atom. The molecule has 0 fully saturated rings. The van der Waals surface area contributed by atoms with Crippen LogP contribution in [0.25, 0.3) is 0 Å². The van der Waals surface area contributed by atoms with E-state index < -0.39 is 16.6 Å². The van der Waals surface area contributed by atoms with E-state index in [9.17, 15) is 19.7 Å². The summed E-state index contributed by atoms with van der Waals surface area (Å²) in [5.74, 6) is -0.274. The maximum absolute atomic E-state index is 13.2. The first kappa shape index (κ1) is 22.3. The predicted octanol–water partition coefficient (Wildman–Crippen LogP) is 4.60. The number of anilines is 1. The zero-order chi connectivity index (χ0) is 22.6. The van der Waals surface area contributed by atoms with Gasteiger partial charge in [-0.05, 0) is 63.8 Å². The van der Waals surface area contributed by atoms with E-state index in [-0.39, 0.29) is 23.7 Å². The quantitative estimate of drug-likeness (QED) is 0.570. The van der Waals surface area contributed by atoms with Crippen molar-refractivity contribution in [2.45, 2.75) is 52.2 Å². The number of carbonyl (C=O) groups excluding carboxylic acids is 2. The monoisotopic (exact) mass is 425 g/mol. The third-order valence-corrected chi connectivity index (χ3v) is 4.96. The van der Waals surface area contributed by atoms with Gasteiger partial charge in [-0.2, -0.15) is 0 Å². The van der Waals surface area contributed by atoms with E-state index in [2.05, 4.69) is 5.32 Å². The van der Waals surface area contributed by atoms with Crippen molar-refractivity contribution in [2.24, 2.45) is 0 Å². The molecule has 2 aromatic rings. The Hall–Kier alpha value is -3.42. The zero-order valence-electron chi connectivity index (χ0n) is 18.0. The van der Waals surface area contributed by atoms with Crippen LogP contribution >= 0.6 is 0 Å². The molecule has 8 heteroatoms. The number of benzene rings is 2. The van der Waals surface area contributed by atoms with Gasteiger partial charge in [0.1, 0.15) is 5.60 Å². The first-order valence-corrected chi connectivity index (χ1v) is 10.3. The third-order valence-electron chi connectivity index (χ3n) is 4.96. The normalized spacial score (nSPS) is 13.7. The molecule has 2 aromatic carbocycles. The second-order valence-corrected chi connectivity index (χ2v) is 8.50. The Bertz CT molecular complexity index is 997. The highest BCUT2D eigenvalue weighted by Gasteiger charge is 2.25. The summed E-state index contributed by atoms with van der Waals surface area (Å²) in [7, 11) is 0. The summed E-state index contributed by atoms with van der Waals surface area (Å²) in [5, 5.41) is 14.2. The van der Waals surface area contributed by atoms with Gasteiger partial charge in [-0.25, -0.2) is 4.79 Å². The van der Waals surface area contributed by atoms with Gasteiger partial charge in [0.05, 0.1) is 11.5 Å². The number of fused-ring (bicyclic) bond motifs is 1. The molecule has 2 amide bonds. The highest BCUT2D eigenvalue weighted by atomic mass is 16.6. The van der Waals surface area contributed by atoms with Gasteiger partial charge >= 0.3 is 6.09 Å². The van der Waals surface area contributed by atoms with Crippen molar-refractivity contribution in [3.05, 3.63) is 69.3 Å². The topological polar surface area (TPSA) is 102 Å². The van der Waals surface area contributed by atoms with E-state index in [1.165, 1.54) is 12.1 Å². The first-order chi connectivity index (χ1) is 14.7. The predicted molar refractivity (Wildman–Crippen MR) is 117 cm³/mol. The lowest BCUT2D eigenvalue weighted by Gasteiger charge is -2.23. The van der Waals surface area contributed by atoms with E-state index in [0.29, 0.717) is 12.1 Å². The van der Waals surface area contributed by atoms with Gasteiger partial charge in [-0.3, -0.25) is 14.9 Å². The molecular formula is C23H27N3O5. The van der Waals surface area contributed by atoms with Crippen LogP contribution in [0, 0.1) is 10.1 Å². The Balaban J connectivity index is 1.83. The van der Waals surface area contributed by atoms with Crippen molar-refractivity contribution in [1.29, 1.82) is 0 Å². The van der Waals surface area contributed by atoms with Crippen LogP contribution in [-0.4, -0.2) is 29.1 Å². The summed E-state index contributed by atoms with van der Waals surface area (Å²) in [6.07, 6.45) is 2.08. The Kier molecular flexibility index (Phi) is 6.58. The average Bonchev–Trinajstić information content (AvgIpc) is 2.93. The van der Waals surface area contributed by atoms with Crippen molar-refractivity contribution < 1.29 is 19.2 Å². The number of para-hydroxylation sites is 1. The molecule has 0 unspecified atom stereocenters. The summed E-state index contributed by atoms with van der Waals surface area (Å²) < 4.78 is 5.17. The Labute approximate surface area is 181 Å². The largest absolute Gasteiger partial charge is 0.444 e. The third kappa shape index (κ3) is 5.59. The molecule has 0 saturated carbocycles. The number of aryl methyl sites for hydroxylation is 1. The molecule has 1 aliphatic heterocycles. The maximum Gasteiger partial charge on any atom is 0.407 e. The van der Waals surface area contributed by atoms with Gasteiger partial charge in [0.25, 0.3) is 11.6 Å². The minimum atomic E-state index is -0.671. The number of nitro benzene ring substituents is 1. The Morgan fingerprint density at radius 1 is 1.16 bits per heavy atom. The molecule has 31 heavy (non-hydrogen) atoms. The lowest BCUT2D eigenvalue weighted by atomic mass is 10.1. The second-order valence-electron chi connectivity index (χ2n) is 8.50. The van der Waals surface area contributed by atoms with E-state index in [4.69, 9.17) is 4.74 Å². The van der Waals surface area contributed by atoms with Crippen molar-refractivity contribution >= 4 is 23.4 Å². The van der Waals surface area contributed by atoms with Crippen molar-refractivity contribution in [3.8, 4) is 0 Å². The van der Waals surface area contributed by atoms with Crippen LogP contribution in [-0.2, 0) is 17.7 Å². The number of nitro groups is 1. The average molecular weight is 425 g/mol. The highest BCUT2D eigenvalue weighted by Crippen LogP contribution is 2.29. The minimum Gasteiger partial charge on any atom is -0.444 e. The van der Waals surface area contributed by atoms with Crippen LogP contribution in [0.2, 0.25) is 0 Å². The molecule has 0 radical (unpaired) electrons. The molecule has 0 aromatic heterocycles. The van der Waals surface area contributed by atoms with E-state index in [0.717, 1.165) is 30.5 Å². The minimum absolute atomic E-state index is 0.0771. The molecular weight excluding hydrogens is 398 g/mol. The second kappa shape index (κ2) is 9.16. The van der Waals surface area contributed by atoms with Crippen LogP contribution in [0.5, 0.6) is 0 Å². The van der Waals surface area contributed by atoms with Gasteiger partial charge in [0, 0.05) is 29.4 Å². The smallest absolute Gasteiger partial charge is 0.407 e. The van der Waals surface area contributed by atoms with Gasteiger partial charge in [0.15, 0.2) is 0 Å². The van der Waals surface area contributed by atoms with Crippen LogP contribution in [0.4, 0.5) is 16.2 Å². The van der Waals surface area contributed by atoms with Crippen molar-refractivity contribution in [3.63, 3.8) is 0 Å². The fourth-order valence-corrected chi connectivity index (χ4v) is 3.56. The molecule has 1 heterocycles. The van der Waals surface area contributed by atoms with Crippen LogP contribution in [0.3, 0.4) is 0 Å². The number of nitrogens with zero attached hydrogens (tertiary/aromatic N) is 2. The van der Waals surface area contributed by atoms with Crippen LogP contribution < -0.4 is 10.2 Å². The molecule has 164 valence electrons. The van der Waals surface area contributed by atoms with Crippen molar-refractivity contribution in [2.75, 3.05) is 11.4 Å². The molecule has 1 N–H and O–H groups in total. The van der Waals surface area contributed by atoms with Gasteiger partial charge in [0.2, 0.25) is 0 Å². The molecule has 0 aliphatic carbocycles. The lowest BCUT2D eigenvalue weighted by Crippen LogP contribution is -2.32. The molecule has 0 bridgehead atoms. The number of hydrogen-bond acceptors (Lipinski definition) is 5. The van der Waals surface area contributed by atoms with E-state index in [1.807, 2.05) is 24.3 Å². The maximum atomic E-state index is 13.2. The van der Waals surface area contributed by atoms with Gasteiger partial charge < -0.3 is 15.0 Å². The number of nitrogens with one attached hydrogen (secondary N) is 1. The fraction of sp³-hybridized carbons (Fsp3) is 0.391.